The van der Waals surface area contributed by atoms with Crippen LogP contribution in [0.3, 0.4) is 0 Å². The molecule has 7 nitrogen and oxygen atoms in total. The summed E-state index contributed by atoms with van der Waals surface area (Å²) in [5.74, 6) is 0. The van der Waals surface area contributed by atoms with Crippen LogP contribution in [0.4, 0.5) is 4.79 Å². The molecule has 0 bridgehead atoms. The predicted octanol–water partition coefficient (Wildman–Crippen LogP) is 2.56. The van der Waals surface area contributed by atoms with Crippen LogP contribution in [-0.4, -0.2) is 50.4 Å². The predicted molar refractivity (Wildman–Crippen MR) is 79.8 cm³/mol. The first-order valence-electron chi connectivity index (χ1n) is 8.38. The Balaban J connectivity index is 1.77. The van der Waals surface area contributed by atoms with E-state index in [9.17, 15) is 9.59 Å². The Morgan fingerprint density at radius 1 is 1.09 bits per heavy atom. The topological polar surface area (TPSA) is 80.3 Å². The second-order valence-corrected chi connectivity index (χ2v) is 6.00. The number of carbonyl (C=O) groups excluding carboxylic acids is 2. The lowest BCUT2D eigenvalue weighted by Gasteiger charge is -2.29. The SMILES string of the molecule is CC(OC(=O)OC1CCCCC1)C(OC=O)OC1CCOCC1. The van der Waals surface area contributed by atoms with Gasteiger partial charge in [0.05, 0.1) is 6.10 Å². The largest absolute Gasteiger partial charge is 0.509 e. The molecule has 2 unspecified atom stereocenters. The minimum absolute atomic E-state index is 0.0749. The molecule has 2 fully saturated rings. The Kier molecular flexibility index (Phi) is 7.61. The van der Waals surface area contributed by atoms with Gasteiger partial charge in [-0.1, -0.05) is 6.42 Å². The molecule has 0 aromatic carbocycles. The average Bonchev–Trinajstić information content (AvgIpc) is 2.56. The molecule has 7 heteroatoms. The second kappa shape index (κ2) is 9.72. The quantitative estimate of drug-likeness (QED) is 0.403. The van der Waals surface area contributed by atoms with Crippen molar-refractivity contribution in [3.8, 4) is 0 Å². The van der Waals surface area contributed by atoms with Gasteiger partial charge in [-0.05, 0) is 45.4 Å². The summed E-state index contributed by atoms with van der Waals surface area (Å²) in [6.45, 7) is 3.14. The lowest BCUT2D eigenvalue weighted by molar-refractivity contribution is -0.215. The van der Waals surface area contributed by atoms with Crippen LogP contribution < -0.4 is 0 Å². The molecular formula is C16H26O7. The van der Waals surface area contributed by atoms with E-state index >= 15 is 0 Å². The zero-order valence-corrected chi connectivity index (χ0v) is 13.6. The number of rotatable bonds is 7. The van der Waals surface area contributed by atoms with E-state index in [0.29, 0.717) is 19.7 Å². The molecule has 0 aromatic rings. The van der Waals surface area contributed by atoms with E-state index in [0.717, 1.165) is 38.5 Å². The number of hydrogen-bond acceptors (Lipinski definition) is 7. The maximum Gasteiger partial charge on any atom is 0.509 e. The summed E-state index contributed by atoms with van der Waals surface area (Å²) in [6, 6.07) is 0. The smallest absolute Gasteiger partial charge is 0.434 e. The lowest BCUT2D eigenvalue weighted by atomic mass is 9.98. The molecule has 0 spiro atoms. The summed E-state index contributed by atoms with van der Waals surface area (Å²) >= 11 is 0. The lowest BCUT2D eigenvalue weighted by Crippen LogP contribution is -2.38. The third kappa shape index (κ3) is 6.35. The Morgan fingerprint density at radius 3 is 2.43 bits per heavy atom. The maximum absolute atomic E-state index is 11.9. The van der Waals surface area contributed by atoms with Gasteiger partial charge >= 0.3 is 6.16 Å². The molecule has 2 rings (SSSR count). The minimum atomic E-state index is -0.936. The highest BCUT2D eigenvalue weighted by atomic mass is 16.8. The fourth-order valence-corrected chi connectivity index (χ4v) is 2.86. The monoisotopic (exact) mass is 330 g/mol. The Morgan fingerprint density at radius 2 is 1.78 bits per heavy atom. The van der Waals surface area contributed by atoms with Crippen LogP contribution in [0.1, 0.15) is 51.9 Å². The molecule has 0 N–H and O–H groups in total. The van der Waals surface area contributed by atoms with Crippen LogP contribution in [0.2, 0.25) is 0 Å². The van der Waals surface area contributed by atoms with Gasteiger partial charge in [0.1, 0.15) is 6.10 Å². The van der Waals surface area contributed by atoms with Crippen LogP contribution in [0.15, 0.2) is 0 Å². The third-order valence-corrected chi connectivity index (χ3v) is 4.17. The van der Waals surface area contributed by atoms with Crippen LogP contribution >= 0.6 is 0 Å². The van der Waals surface area contributed by atoms with Gasteiger partial charge in [-0.25, -0.2) is 4.79 Å². The van der Waals surface area contributed by atoms with Gasteiger partial charge < -0.3 is 23.7 Å². The van der Waals surface area contributed by atoms with Gasteiger partial charge in [0, 0.05) is 13.2 Å². The summed E-state index contributed by atoms with van der Waals surface area (Å²) in [5, 5.41) is 0. The van der Waals surface area contributed by atoms with E-state index in [1.807, 2.05) is 0 Å². The van der Waals surface area contributed by atoms with Crippen molar-refractivity contribution in [3.63, 3.8) is 0 Å². The highest BCUT2D eigenvalue weighted by molar-refractivity contribution is 5.60. The number of ether oxygens (including phenoxy) is 5. The molecule has 1 heterocycles. The number of carbonyl (C=O) groups is 2. The van der Waals surface area contributed by atoms with Gasteiger partial charge in [0.25, 0.3) is 6.47 Å². The van der Waals surface area contributed by atoms with Crippen molar-refractivity contribution in [1.82, 2.24) is 0 Å². The van der Waals surface area contributed by atoms with E-state index in [-0.39, 0.29) is 12.2 Å². The number of hydrogen-bond donors (Lipinski definition) is 0. The zero-order valence-electron chi connectivity index (χ0n) is 13.6. The first-order valence-corrected chi connectivity index (χ1v) is 8.38. The van der Waals surface area contributed by atoms with Crippen molar-refractivity contribution in [3.05, 3.63) is 0 Å². The fraction of sp³-hybridized carbons (Fsp3) is 0.875. The van der Waals surface area contributed by atoms with E-state index in [4.69, 9.17) is 23.7 Å². The van der Waals surface area contributed by atoms with Gasteiger partial charge in [-0.3, -0.25) is 4.79 Å². The molecule has 2 aliphatic rings. The molecular weight excluding hydrogens is 304 g/mol. The van der Waals surface area contributed by atoms with Gasteiger partial charge in [-0.15, -0.1) is 0 Å². The molecule has 132 valence electrons. The standard InChI is InChI=1S/C16H26O7/c1-12(21-16(18)23-13-5-3-2-4-6-13)15(20-11-17)22-14-7-9-19-10-8-14/h11-15H,2-10H2,1H3. The van der Waals surface area contributed by atoms with Gasteiger partial charge in [0.2, 0.25) is 6.29 Å². The normalized spacial score (nSPS) is 22.8. The summed E-state index contributed by atoms with van der Waals surface area (Å²) in [7, 11) is 0. The van der Waals surface area contributed by atoms with Crippen molar-refractivity contribution in [2.75, 3.05) is 13.2 Å². The maximum atomic E-state index is 11.9. The molecule has 0 aromatic heterocycles. The van der Waals surface area contributed by atoms with Crippen LogP contribution in [0, 0.1) is 0 Å². The van der Waals surface area contributed by atoms with Gasteiger partial charge in [-0.2, -0.15) is 0 Å². The Labute approximate surface area is 136 Å². The van der Waals surface area contributed by atoms with Crippen molar-refractivity contribution < 1.29 is 33.3 Å². The first kappa shape index (κ1) is 18.0. The van der Waals surface area contributed by atoms with Crippen LogP contribution in [0.5, 0.6) is 0 Å². The van der Waals surface area contributed by atoms with Crippen molar-refractivity contribution in [1.29, 1.82) is 0 Å². The van der Waals surface area contributed by atoms with Crippen molar-refractivity contribution >= 4 is 12.6 Å². The molecule has 1 saturated carbocycles. The summed E-state index contributed by atoms with van der Waals surface area (Å²) in [4.78, 5) is 22.5. The first-order chi connectivity index (χ1) is 11.2. The van der Waals surface area contributed by atoms with E-state index < -0.39 is 18.5 Å². The van der Waals surface area contributed by atoms with E-state index in [2.05, 4.69) is 0 Å². The molecule has 2 atom stereocenters. The molecule has 23 heavy (non-hydrogen) atoms. The van der Waals surface area contributed by atoms with Crippen molar-refractivity contribution in [2.45, 2.75) is 76.5 Å². The highest BCUT2D eigenvalue weighted by Gasteiger charge is 2.29. The Bertz CT molecular complexity index is 361. The molecule has 0 radical (unpaired) electrons. The zero-order chi connectivity index (χ0) is 16.5. The van der Waals surface area contributed by atoms with Gasteiger partial charge in [0.15, 0.2) is 6.10 Å². The average molecular weight is 330 g/mol. The van der Waals surface area contributed by atoms with Crippen LogP contribution in [-0.2, 0) is 28.5 Å². The molecule has 0 amide bonds. The van der Waals surface area contributed by atoms with Crippen LogP contribution in [0.25, 0.3) is 0 Å². The third-order valence-electron chi connectivity index (χ3n) is 4.17. The second-order valence-electron chi connectivity index (χ2n) is 6.00. The van der Waals surface area contributed by atoms with Crippen molar-refractivity contribution in [2.24, 2.45) is 0 Å². The summed E-state index contributed by atoms with van der Waals surface area (Å²) < 4.78 is 26.4. The fourth-order valence-electron chi connectivity index (χ4n) is 2.86. The minimum Gasteiger partial charge on any atom is -0.434 e. The summed E-state index contributed by atoms with van der Waals surface area (Å²) in [6.07, 6.45) is 3.93. The van der Waals surface area contributed by atoms with E-state index in [1.165, 1.54) is 6.42 Å². The molecule has 1 aliphatic heterocycles. The highest BCUT2D eigenvalue weighted by Crippen LogP contribution is 2.21. The van der Waals surface area contributed by atoms with E-state index in [1.54, 1.807) is 6.92 Å². The Hall–Kier alpha value is -1.34. The molecule has 1 aliphatic carbocycles. The molecule has 1 saturated heterocycles. The summed E-state index contributed by atoms with van der Waals surface area (Å²) in [5.41, 5.74) is 0.